The van der Waals surface area contributed by atoms with E-state index in [0.29, 0.717) is 0 Å². The van der Waals surface area contributed by atoms with Gasteiger partial charge in [0.2, 0.25) is 10.0 Å². The first kappa shape index (κ1) is 15.4. The van der Waals surface area contributed by atoms with E-state index in [-0.39, 0.29) is 19.0 Å². The van der Waals surface area contributed by atoms with Gasteiger partial charge in [0.1, 0.15) is 0 Å². The summed E-state index contributed by atoms with van der Waals surface area (Å²) in [5.41, 5.74) is -1.78. The summed E-state index contributed by atoms with van der Waals surface area (Å²) < 4.78 is 30.5. The molecule has 2 rings (SSSR count). The molecule has 0 aliphatic carbocycles. The van der Waals surface area contributed by atoms with Crippen molar-refractivity contribution in [1.29, 1.82) is 0 Å². The number of rotatable bonds is 3. The summed E-state index contributed by atoms with van der Waals surface area (Å²) in [6, 6.07) is 0. The van der Waals surface area contributed by atoms with Crippen molar-refractivity contribution in [2.24, 2.45) is 11.8 Å². The van der Waals surface area contributed by atoms with E-state index in [1.54, 1.807) is 6.92 Å². The number of hydrogen-bond donors (Lipinski definition) is 2. The van der Waals surface area contributed by atoms with Gasteiger partial charge in [-0.05, 0) is 5.92 Å². The van der Waals surface area contributed by atoms with Crippen LogP contribution in [-0.4, -0.2) is 48.9 Å². The molecule has 1 aliphatic rings. The average molecular weight is 317 g/mol. The Morgan fingerprint density at radius 3 is 2.62 bits per heavy atom. The van der Waals surface area contributed by atoms with E-state index in [2.05, 4.69) is 9.72 Å². The third-order valence-electron chi connectivity index (χ3n) is 3.49. The number of carbonyl (C=O) groups excluding carboxylic acids is 1. The smallest absolute Gasteiger partial charge is 0.325 e. The van der Waals surface area contributed by atoms with Gasteiger partial charge in [-0.1, -0.05) is 6.92 Å². The van der Waals surface area contributed by atoms with E-state index in [0.717, 1.165) is 10.5 Å². The number of nitrogens with zero attached hydrogens (tertiary/aromatic N) is 1. The summed E-state index contributed by atoms with van der Waals surface area (Å²) in [6.45, 7) is 1.77. The van der Waals surface area contributed by atoms with Crippen LogP contribution in [0, 0.1) is 11.8 Å². The summed E-state index contributed by atoms with van der Waals surface area (Å²) in [5.74, 6) is -1.30. The van der Waals surface area contributed by atoms with E-state index < -0.39 is 38.1 Å². The second-order valence-electron chi connectivity index (χ2n) is 4.87. The van der Waals surface area contributed by atoms with E-state index in [4.69, 9.17) is 0 Å². The Hall–Kier alpha value is -1.94. The van der Waals surface area contributed by atoms with Gasteiger partial charge in [0, 0.05) is 19.3 Å². The minimum absolute atomic E-state index is 0.0608. The molecule has 2 atom stereocenters. The molecule has 0 saturated carbocycles. The number of nitrogens with one attached hydrogen (secondary N) is 2. The molecule has 21 heavy (non-hydrogen) atoms. The summed E-state index contributed by atoms with van der Waals surface area (Å²) in [7, 11) is -2.85. The molecule has 1 aromatic heterocycles. The molecule has 116 valence electrons. The number of carbonyl (C=O) groups is 1. The molecule has 0 spiro atoms. The van der Waals surface area contributed by atoms with Crippen LogP contribution in [0.1, 0.15) is 6.92 Å². The van der Waals surface area contributed by atoms with Gasteiger partial charge in [-0.3, -0.25) is 14.6 Å². The highest BCUT2D eigenvalue weighted by Crippen LogP contribution is 2.28. The lowest BCUT2D eigenvalue weighted by atomic mass is 9.99. The highest BCUT2D eigenvalue weighted by molar-refractivity contribution is 7.89. The molecule has 1 aromatic rings. The lowest BCUT2D eigenvalue weighted by molar-refractivity contribution is -0.145. The summed E-state index contributed by atoms with van der Waals surface area (Å²) in [5, 5.41) is 0. The summed E-state index contributed by atoms with van der Waals surface area (Å²) in [4.78, 5) is 37.6. The van der Waals surface area contributed by atoms with Crippen molar-refractivity contribution >= 4 is 16.0 Å². The molecule has 2 heterocycles. The monoisotopic (exact) mass is 317 g/mol. The number of sulfonamides is 1. The zero-order valence-corrected chi connectivity index (χ0v) is 12.3. The van der Waals surface area contributed by atoms with Crippen LogP contribution in [0.5, 0.6) is 0 Å². The zero-order chi connectivity index (χ0) is 15.8. The molecule has 0 radical (unpaired) electrons. The quantitative estimate of drug-likeness (QED) is 0.652. The standard InChI is InChI=1S/C11H15N3O6S/c1-6-4-14(5-7(6)10(16)20-2)21(18,19)8-3-12-11(17)13-9(8)15/h3,6-7H,4-5H2,1-2H3,(H2,12,13,15,17). The zero-order valence-electron chi connectivity index (χ0n) is 11.5. The van der Waals surface area contributed by atoms with Crippen molar-refractivity contribution in [3.05, 3.63) is 27.0 Å². The van der Waals surface area contributed by atoms with Crippen LogP contribution < -0.4 is 11.2 Å². The molecule has 1 saturated heterocycles. The number of H-pyrrole nitrogens is 2. The van der Waals surface area contributed by atoms with E-state index >= 15 is 0 Å². The predicted molar refractivity (Wildman–Crippen MR) is 71.1 cm³/mol. The molecule has 0 bridgehead atoms. The minimum Gasteiger partial charge on any atom is -0.469 e. The SMILES string of the molecule is COC(=O)C1CN(S(=O)(=O)c2c[nH]c(=O)[nH]c2=O)CC1C. The highest BCUT2D eigenvalue weighted by Gasteiger charge is 2.42. The molecule has 1 fully saturated rings. The number of hydrogen-bond acceptors (Lipinski definition) is 6. The normalized spacial score (nSPS) is 23.1. The fourth-order valence-electron chi connectivity index (χ4n) is 2.30. The fourth-order valence-corrected chi connectivity index (χ4v) is 3.86. The Bertz CT molecular complexity index is 765. The average Bonchev–Trinajstić information content (AvgIpc) is 2.80. The molecular formula is C11H15N3O6S. The van der Waals surface area contributed by atoms with Crippen LogP contribution in [0.15, 0.2) is 20.7 Å². The molecule has 1 aliphatic heterocycles. The molecule has 2 N–H and O–H groups in total. The third kappa shape index (κ3) is 2.76. The fraction of sp³-hybridized carbons (Fsp3) is 0.545. The van der Waals surface area contributed by atoms with Gasteiger partial charge in [0.25, 0.3) is 5.56 Å². The first-order valence-corrected chi connectivity index (χ1v) is 7.61. The van der Waals surface area contributed by atoms with Gasteiger partial charge in [-0.25, -0.2) is 13.2 Å². The maximum absolute atomic E-state index is 12.4. The molecule has 2 unspecified atom stereocenters. The Morgan fingerprint density at radius 1 is 1.38 bits per heavy atom. The van der Waals surface area contributed by atoms with Crippen LogP contribution in [-0.2, 0) is 19.6 Å². The third-order valence-corrected chi connectivity index (χ3v) is 5.32. The van der Waals surface area contributed by atoms with Crippen molar-refractivity contribution in [3.8, 4) is 0 Å². The van der Waals surface area contributed by atoms with E-state index in [1.165, 1.54) is 7.11 Å². The van der Waals surface area contributed by atoms with Gasteiger partial charge in [0.15, 0.2) is 4.90 Å². The number of ether oxygens (including phenoxy) is 1. The van der Waals surface area contributed by atoms with E-state index in [1.807, 2.05) is 4.98 Å². The first-order chi connectivity index (χ1) is 9.77. The van der Waals surface area contributed by atoms with Gasteiger partial charge in [0.05, 0.1) is 13.0 Å². The maximum Gasteiger partial charge on any atom is 0.325 e. The Balaban J connectivity index is 2.36. The highest BCUT2D eigenvalue weighted by atomic mass is 32.2. The maximum atomic E-state index is 12.4. The van der Waals surface area contributed by atoms with Gasteiger partial charge in [-0.15, -0.1) is 0 Å². The largest absolute Gasteiger partial charge is 0.469 e. The molecule has 9 nitrogen and oxygen atoms in total. The van der Waals surface area contributed by atoms with Crippen LogP contribution >= 0.6 is 0 Å². The van der Waals surface area contributed by atoms with Gasteiger partial charge in [-0.2, -0.15) is 4.31 Å². The van der Waals surface area contributed by atoms with Crippen LogP contribution in [0.3, 0.4) is 0 Å². The second-order valence-corrected chi connectivity index (χ2v) is 6.77. The summed E-state index contributed by atoms with van der Waals surface area (Å²) in [6.07, 6.45) is 0.854. The lowest BCUT2D eigenvalue weighted by Gasteiger charge is -2.15. The second kappa shape index (κ2) is 5.45. The lowest BCUT2D eigenvalue weighted by Crippen LogP contribution is -2.36. The van der Waals surface area contributed by atoms with Crippen LogP contribution in [0.2, 0.25) is 0 Å². The van der Waals surface area contributed by atoms with Crippen molar-refractivity contribution in [2.75, 3.05) is 20.2 Å². The van der Waals surface area contributed by atoms with Gasteiger partial charge >= 0.3 is 11.7 Å². The van der Waals surface area contributed by atoms with E-state index in [9.17, 15) is 22.8 Å². The molecule has 10 heteroatoms. The first-order valence-electron chi connectivity index (χ1n) is 6.17. The van der Waals surface area contributed by atoms with Crippen molar-refractivity contribution in [3.63, 3.8) is 0 Å². The van der Waals surface area contributed by atoms with Gasteiger partial charge < -0.3 is 9.72 Å². The predicted octanol–water partition coefficient (Wildman–Crippen LogP) is -1.51. The van der Waals surface area contributed by atoms with Crippen molar-refractivity contribution in [2.45, 2.75) is 11.8 Å². The van der Waals surface area contributed by atoms with Crippen molar-refractivity contribution in [1.82, 2.24) is 14.3 Å². The minimum atomic E-state index is -4.08. The van der Waals surface area contributed by atoms with Crippen LogP contribution in [0.4, 0.5) is 0 Å². The number of aromatic amines is 2. The van der Waals surface area contributed by atoms with Crippen molar-refractivity contribution < 1.29 is 17.9 Å². The van der Waals surface area contributed by atoms with Crippen LogP contribution in [0.25, 0.3) is 0 Å². The Labute approximate surface area is 120 Å². The Kier molecular flexibility index (Phi) is 4.01. The molecular weight excluding hydrogens is 302 g/mol. The number of aromatic nitrogens is 2. The topological polar surface area (TPSA) is 129 Å². The molecule has 0 amide bonds. The number of esters is 1. The Morgan fingerprint density at radius 2 is 2.05 bits per heavy atom. The number of methoxy groups -OCH3 is 1. The molecule has 0 aromatic carbocycles. The summed E-state index contributed by atoms with van der Waals surface area (Å²) >= 11 is 0.